The predicted molar refractivity (Wildman–Crippen MR) is 64.0 cm³/mol. The summed E-state index contributed by atoms with van der Waals surface area (Å²) in [5.41, 5.74) is 1.89. The molecule has 0 aromatic heterocycles. The van der Waals surface area contributed by atoms with E-state index in [0.29, 0.717) is 19.0 Å². The van der Waals surface area contributed by atoms with Gasteiger partial charge in [0.15, 0.2) is 0 Å². The predicted octanol–water partition coefficient (Wildman–Crippen LogP) is 2.04. The SMILES string of the molecule is Cc1ccc(F)cc1CC(O)CNC(C)C. The van der Waals surface area contributed by atoms with Crippen molar-refractivity contribution in [2.45, 2.75) is 39.3 Å². The highest BCUT2D eigenvalue weighted by Gasteiger charge is 2.08. The van der Waals surface area contributed by atoms with Crippen LogP contribution in [0.1, 0.15) is 25.0 Å². The molecule has 0 heterocycles. The molecule has 0 fully saturated rings. The third kappa shape index (κ3) is 4.29. The number of hydrogen-bond acceptors (Lipinski definition) is 2. The minimum atomic E-state index is -0.470. The second-order valence-electron chi connectivity index (χ2n) is 4.49. The molecule has 16 heavy (non-hydrogen) atoms. The Morgan fingerprint density at radius 2 is 2.06 bits per heavy atom. The molecule has 1 atom stereocenters. The third-order valence-electron chi connectivity index (χ3n) is 2.53. The van der Waals surface area contributed by atoms with Gasteiger partial charge in [-0.1, -0.05) is 19.9 Å². The minimum absolute atomic E-state index is 0.246. The number of aliphatic hydroxyl groups excluding tert-OH is 1. The summed E-state index contributed by atoms with van der Waals surface area (Å²) in [5.74, 6) is -0.246. The van der Waals surface area contributed by atoms with E-state index in [2.05, 4.69) is 5.32 Å². The molecule has 0 amide bonds. The Kier molecular flexibility index (Phi) is 4.90. The fourth-order valence-corrected chi connectivity index (χ4v) is 1.56. The molecule has 0 saturated carbocycles. The van der Waals surface area contributed by atoms with E-state index < -0.39 is 6.10 Å². The molecule has 1 aromatic carbocycles. The van der Waals surface area contributed by atoms with Crippen LogP contribution in [0.15, 0.2) is 18.2 Å². The second kappa shape index (κ2) is 5.97. The Bertz CT molecular complexity index is 339. The van der Waals surface area contributed by atoms with E-state index in [1.165, 1.54) is 12.1 Å². The molecule has 0 spiro atoms. The Balaban J connectivity index is 2.55. The lowest BCUT2D eigenvalue weighted by atomic mass is 10.0. The van der Waals surface area contributed by atoms with E-state index in [1.807, 2.05) is 20.8 Å². The Morgan fingerprint density at radius 1 is 1.38 bits per heavy atom. The van der Waals surface area contributed by atoms with Crippen LogP contribution in [0, 0.1) is 12.7 Å². The van der Waals surface area contributed by atoms with Crippen molar-refractivity contribution in [3.63, 3.8) is 0 Å². The van der Waals surface area contributed by atoms with E-state index in [0.717, 1.165) is 11.1 Å². The van der Waals surface area contributed by atoms with Gasteiger partial charge >= 0.3 is 0 Å². The van der Waals surface area contributed by atoms with E-state index >= 15 is 0 Å². The molecular formula is C13H20FNO. The average Bonchev–Trinajstić information content (AvgIpc) is 2.20. The first kappa shape index (κ1) is 13.1. The lowest BCUT2D eigenvalue weighted by Gasteiger charge is -2.15. The van der Waals surface area contributed by atoms with Crippen molar-refractivity contribution < 1.29 is 9.50 Å². The van der Waals surface area contributed by atoms with Crippen LogP contribution in [0.3, 0.4) is 0 Å². The van der Waals surface area contributed by atoms with Gasteiger partial charge in [0, 0.05) is 12.6 Å². The van der Waals surface area contributed by atoms with Gasteiger partial charge in [-0.25, -0.2) is 4.39 Å². The van der Waals surface area contributed by atoms with Gasteiger partial charge in [-0.05, 0) is 36.6 Å². The van der Waals surface area contributed by atoms with Gasteiger partial charge in [-0.3, -0.25) is 0 Å². The molecular weight excluding hydrogens is 205 g/mol. The quantitative estimate of drug-likeness (QED) is 0.803. The summed E-state index contributed by atoms with van der Waals surface area (Å²) in [6.07, 6.45) is 0.0199. The van der Waals surface area contributed by atoms with Crippen molar-refractivity contribution in [2.75, 3.05) is 6.54 Å². The molecule has 2 nitrogen and oxygen atoms in total. The normalized spacial score (nSPS) is 13.1. The van der Waals surface area contributed by atoms with Gasteiger partial charge < -0.3 is 10.4 Å². The molecule has 0 saturated heterocycles. The fourth-order valence-electron chi connectivity index (χ4n) is 1.56. The number of benzene rings is 1. The Labute approximate surface area is 96.5 Å². The second-order valence-corrected chi connectivity index (χ2v) is 4.49. The molecule has 0 aliphatic heterocycles. The first-order chi connectivity index (χ1) is 7.49. The zero-order valence-electron chi connectivity index (χ0n) is 10.1. The minimum Gasteiger partial charge on any atom is -0.391 e. The third-order valence-corrected chi connectivity index (χ3v) is 2.53. The summed E-state index contributed by atoms with van der Waals surface area (Å²) in [5, 5.41) is 12.9. The van der Waals surface area contributed by atoms with E-state index in [1.54, 1.807) is 6.07 Å². The van der Waals surface area contributed by atoms with Gasteiger partial charge in [-0.2, -0.15) is 0 Å². The van der Waals surface area contributed by atoms with E-state index in [-0.39, 0.29) is 5.82 Å². The van der Waals surface area contributed by atoms with Crippen molar-refractivity contribution in [3.8, 4) is 0 Å². The van der Waals surface area contributed by atoms with Gasteiger partial charge in [0.2, 0.25) is 0 Å². The van der Waals surface area contributed by atoms with Crippen LogP contribution < -0.4 is 5.32 Å². The smallest absolute Gasteiger partial charge is 0.123 e. The summed E-state index contributed by atoms with van der Waals surface area (Å²) < 4.78 is 13.0. The molecule has 0 aliphatic rings. The highest BCUT2D eigenvalue weighted by molar-refractivity contribution is 5.27. The van der Waals surface area contributed by atoms with Crippen molar-refractivity contribution in [1.82, 2.24) is 5.32 Å². The average molecular weight is 225 g/mol. The zero-order chi connectivity index (χ0) is 12.1. The first-order valence-electron chi connectivity index (χ1n) is 5.65. The maximum absolute atomic E-state index is 13.0. The summed E-state index contributed by atoms with van der Waals surface area (Å²) >= 11 is 0. The van der Waals surface area contributed by atoms with Gasteiger partial charge in [0.1, 0.15) is 5.82 Å². The molecule has 0 radical (unpaired) electrons. The van der Waals surface area contributed by atoms with Crippen molar-refractivity contribution in [3.05, 3.63) is 35.1 Å². The molecule has 1 unspecified atom stereocenters. The zero-order valence-corrected chi connectivity index (χ0v) is 10.1. The van der Waals surface area contributed by atoms with Gasteiger partial charge in [-0.15, -0.1) is 0 Å². The van der Waals surface area contributed by atoms with Crippen LogP contribution in [-0.4, -0.2) is 23.8 Å². The van der Waals surface area contributed by atoms with Crippen LogP contribution in [-0.2, 0) is 6.42 Å². The summed E-state index contributed by atoms with van der Waals surface area (Å²) in [4.78, 5) is 0. The lowest BCUT2D eigenvalue weighted by molar-refractivity contribution is 0.168. The monoisotopic (exact) mass is 225 g/mol. The number of halogens is 1. The largest absolute Gasteiger partial charge is 0.391 e. The molecule has 0 bridgehead atoms. The number of hydrogen-bond donors (Lipinski definition) is 2. The van der Waals surface area contributed by atoms with Gasteiger partial charge in [0.25, 0.3) is 0 Å². The standard InChI is InChI=1S/C13H20FNO/c1-9(2)15-8-13(16)7-11-6-12(14)5-4-10(11)3/h4-6,9,13,15-16H,7-8H2,1-3H3. The number of nitrogens with one attached hydrogen (secondary N) is 1. The molecule has 1 aromatic rings. The van der Waals surface area contributed by atoms with Crippen LogP contribution in [0.4, 0.5) is 4.39 Å². The number of rotatable bonds is 5. The maximum Gasteiger partial charge on any atom is 0.123 e. The van der Waals surface area contributed by atoms with Gasteiger partial charge in [0.05, 0.1) is 6.10 Å². The van der Waals surface area contributed by atoms with E-state index in [9.17, 15) is 9.50 Å². The molecule has 2 N–H and O–H groups in total. The van der Waals surface area contributed by atoms with Crippen LogP contribution >= 0.6 is 0 Å². The summed E-state index contributed by atoms with van der Waals surface area (Å²) in [6, 6.07) is 5.03. The van der Waals surface area contributed by atoms with Crippen molar-refractivity contribution >= 4 is 0 Å². The van der Waals surface area contributed by atoms with Crippen molar-refractivity contribution in [1.29, 1.82) is 0 Å². The van der Waals surface area contributed by atoms with Crippen LogP contribution in [0.2, 0.25) is 0 Å². The Morgan fingerprint density at radius 3 is 2.69 bits per heavy atom. The van der Waals surface area contributed by atoms with Crippen LogP contribution in [0.25, 0.3) is 0 Å². The first-order valence-corrected chi connectivity index (χ1v) is 5.65. The van der Waals surface area contributed by atoms with E-state index in [4.69, 9.17) is 0 Å². The molecule has 0 aliphatic carbocycles. The van der Waals surface area contributed by atoms with Crippen LogP contribution in [0.5, 0.6) is 0 Å². The summed E-state index contributed by atoms with van der Waals surface area (Å²) in [6.45, 7) is 6.52. The fraction of sp³-hybridized carbons (Fsp3) is 0.538. The summed E-state index contributed by atoms with van der Waals surface area (Å²) in [7, 11) is 0. The topological polar surface area (TPSA) is 32.3 Å². The number of aliphatic hydroxyl groups is 1. The highest BCUT2D eigenvalue weighted by Crippen LogP contribution is 2.12. The molecule has 1 rings (SSSR count). The Hall–Kier alpha value is -0.930. The molecule has 3 heteroatoms. The lowest BCUT2D eigenvalue weighted by Crippen LogP contribution is -2.33. The molecule has 90 valence electrons. The maximum atomic E-state index is 13.0. The highest BCUT2D eigenvalue weighted by atomic mass is 19.1. The number of aryl methyl sites for hydroxylation is 1. The van der Waals surface area contributed by atoms with Crippen molar-refractivity contribution in [2.24, 2.45) is 0 Å².